The maximum absolute atomic E-state index is 12.0. The van der Waals surface area contributed by atoms with Gasteiger partial charge >= 0.3 is 5.97 Å². The van der Waals surface area contributed by atoms with Gasteiger partial charge < -0.3 is 10.0 Å². The second-order valence-corrected chi connectivity index (χ2v) is 3.96. The highest BCUT2D eigenvalue weighted by atomic mass is 16.4. The van der Waals surface area contributed by atoms with Gasteiger partial charge in [-0.25, -0.2) is 0 Å². The van der Waals surface area contributed by atoms with E-state index in [1.165, 1.54) is 12.4 Å². The van der Waals surface area contributed by atoms with E-state index in [1.54, 1.807) is 11.8 Å². The number of carboxylic acid groups (broad SMARTS) is 1. The molecule has 0 aromatic carbocycles. The van der Waals surface area contributed by atoms with Crippen molar-refractivity contribution in [2.45, 2.75) is 19.4 Å². The summed E-state index contributed by atoms with van der Waals surface area (Å²) >= 11 is 0. The van der Waals surface area contributed by atoms with Crippen molar-refractivity contribution in [2.75, 3.05) is 6.54 Å². The number of aromatic nitrogens is 2. The van der Waals surface area contributed by atoms with Crippen LogP contribution < -0.4 is 0 Å². The van der Waals surface area contributed by atoms with Gasteiger partial charge in [-0.3, -0.25) is 14.7 Å². The number of H-pyrrole nitrogens is 1. The summed E-state index contributed by atoms with van der Waals surface area (Å²) in [6, 6.07) is -0.264. The third kappa shape index (κ3) is 1.66. The number of rotatable bonds is 2. The minimum absolute atomic E-state index is 0.162. The Bertz CT molecular complexity index is 401. The van der Waals surface area contributed by atoms with Crippen molar-refractivity contribution in [3.63, 3.8) is 0 Å². The monoisotopic (exact) mass is 223 g/mol. The number of hydrogen-bond acceptors (Lipinski definition) is 3. The van der Waals surface area contributed by atoms with Gasteiger partial charge in [0.15, 0.2) is 0 Å². The molecule has 0 radical (unpaired) electrons. The molecule has 2 heterocycles. The second-order valence-electron chi connectivity index (χ2n) is 3.96. The highest BCUT2D eigenvalue weighted by molar-refractivity contribution is 5.94. The zero-order valence-corrected chi connectivity index (χ0v) is 8.88. The predicted molar refractivity (Wildman–Crippen MR) is 54.8 cm³/mol. The van der Waals surface area contributed by atoms with Gasteiger partial charge in [0.05, 0.1) is 17.7 Å². The van der Waals surface area contributed by atoms with Crippen molar-refractivity contribution in [1.29, 1.82) is 0 Å². The van der Waals surface area contributed by atoms with Gasteiger partial charge in [-0.05, 0) is 13.3 Å². The highest BCUT2D eigenvalue weighted by Crippen LogP contribution is 2.25. The van der Waals surface area contributed by atoms with Crippen molar-refractivity contribution < 1.29 is 14.7 Å². The Labute approximate surface area is 92.3 Å². The van der Waals surface area contributed by atoms with Gasteiger partial charge in [-0.2, -0.15) is 5.10 Å². The number of hydrogen-bond donors (Lipinski definition) is 2. The first-order valence-corrected chi connectivity index (χ1v) is 5.14. The summed E-state index contributed by atoms with van der Waals surface area (Å²) in [7, 11) is 0. The molecule has 2 N–H and O–H groups in total. The maximum Gasteiger partial charge on any atom is 0.308 e. The molecule has 1 aliphatic rings. The Hall–Kier alpha value is -1.85. The summed E-state index contributed by atoms with van der Waals surface area (Å²) in [6.45, 7) is 2.26. The molecule has 1 aromatic heterocycles. The molecule has 1 aromatic rings. The standard InChI is InChI=1S/C10H13N3O3/c1-6-8(10(15)16)2-3-13(6)9(14)7-4-11-12-5-7/h4-6,8H,2-3H2,1H3,(H,11,12)(H,15,16). The first-order chi connectivity index (χ1) is 7.61. The highest BCUT2D eigenvalue weighted by Gasteiger charge is 2.38. The number of carboxylic acids is 1. The Kier molecular flexibility index (Phi) is 2.64. The van der Waals surface area contributed by atoms with E-state index >= 15 is 0 Å². The second kappa shape index (κ2) is 3.96. The Balaban J connectivity index is 2.13. The van der Waals surface area contributed by atoms with Gasteiger partial charge in [0.25, 0.3) is 5.91 Å². The van der Waals surface area contributed by atoms with E-state index in [4.69, 9.17) is 5.11 Å². The summed E-state index contributed by atoms with van der Waals surface area (Å²) in [5.41, 5.74) is 0.470. The molecule has 0 spiro atoms. The Morgan fingerprint density at radius 1 is 1.62 bits per heavy atom. The molecule has 1 aliphatic heterocycles. The third-order valence-corrected chi connectivity index (χ3v) is 3.08. The van der Waals surface area contributed by atoms with Crippen LogP contribution in [0.4, 0.5) is 0 Å². The Morgan fingerprint density at radius 2 is 2.38 bits per heavy atom. The average Bonchev–Trinajstić information content (AvgIpc) is 2.84. The molecule has 6 nitrogen and oxygen atoms in total. The molecule has 1 fully saturated rings. The van der Waals surface area contributed by atoms with Crippen molar-refractivity contribution in [1.82, 2.24) is 15.1 Å². The van der Waals surface area contributed by atoms with Gasteiger partial charge in [-0.15, -0.1) is 0 Å². The summed E-state index contributed by atoms with van der Waals surface area (Å²) in [4.78, 5) is 24.5. The topological polar surface area (TPSA) is 86.3 Å². The molecular weight excluding hydrogens is 210 g/mol. The molecule has 0 bridgehead atoms. The van der Waals surface area contributed by atoms with Crippen LogP contribution in [0.2, 0.25) is 0 Å². The summed E-state index contributed by atoms with van der Waals surface area (Å²) in [5.74, 6) is -1.46. The number of amides is 1. The number of likely N-dealkylation sites (tertiary alicyclic amines) is 1. The number of nitrogens with zero attached hydrogens (tertiary/aromatic N) is 2. The van der Waals surface area contributed by atoms with Crippen LogP contribution in [-0.2, 0) is 4.79 Å². The fraction of sp³-hybridized carbons (Fsp3) is 0.500. The fourth-order valence-corrected chi connectivity index (χ4v) is 2.09. The third-order valence-electron chi connectivity index (χ3n) is 3.08. The maximum atomic E-state index is 12.0. The lowest BCUT2D eigenvalue weighted by Gasteiger charge is -2.22. The normalized spacial score (nSPS) is 24.7. The van der Waals surface area contributed by atoms with Crippen LogP contribution >= 0.6 is 0 Å². The van der Waals surface area contributed by atoms with Crippen LogP contribution in [0, 0.1) is 5.92 Å². The number of aromatic amines is 1. The van der Waals surface area contributed by atoms with E-state index in [2.05, 4.69) is 10.2 Å². The minimum Gasteiger partial charge on any atom is -0.481 e. The van der Waals surface area contributed by atoms with Crippen LogP contribution in [0.1, 0.15) is 23.7 Å². The first-order valence-electron chi connectivity index (χ1n) is 5.14. The lowest BCUT2D eigenvalue weighted by atomic mass is 10.0. The molecular formula is C10H13N3O3. The van der Waals surface area contributed by atoms with Gasteiger partial charge in [0, 0.05) is 18.8 Å². The first kappa shape index (κ1) is 10.7. The van der Waals surface area contributed by atoms with Crippen molar-refractivity contribution >= 4 is 11.9 Å². The summed E-state index contributed by atoms with van der Waals surface area (Å²) in [5, 5.41) is 15.2. The quantitative estimate of drug-likeness (QED) is 0.757. The van der Waals surface area contributed by atoms with E-state index in [9.17, 15) is 9.59 Å². The summed E-state index contributed by atoms with van der Waals surface area (Å²) < 4.78 is 0. The number of nitrogens with one attached hydrogen (secondary N) is 1. The number of aliphatic carboxylic acids is 1. The number of carbonyl (C=O) groups is 2. The zero-order valence-electron chi connectivity index (χ0n) is 8.88. The smallest absolute Gasteiger partial charge is 0.308 e. The van der Waals surface area contributed by atoms with E-state index in [0.29, 0.717) is 18.5 Å². The molecule has 1 saturated heterocycles. The zero-order chi connectivity index (χ0) is 11.7. The van der Waals surface area contributed by atoms with Gasteiger partial charge in [0.2, 0.25) is 0 Å². The van der Waals surface area contributed by atoms with Gasteiger partial charge in [0.1, 0.15) is 0 Å². The van der Waals surface area contributed by atoms with E-state index in [0.717, 1.165) is 0 Å². The van der Waals surface area contributed by atoms with Crippen LogP contribution in [-0.4, -0.2) is 44.7 Å². The molecule has 1 amide bonds. The van der Waals surface area contributed by atoms with Crippen LogP contribution in [0.3, 0.4) is 0 Å². The lowest BCUT2D eigenvalue weighted by molar-refractivity contribution is -0.142. The SMILES string of the molecule is CC1C(C(=O)O)CCN1C(=O)c1cn[nH]c1. The molecule has 2 atom stereocenters. The Morgan fingerprint density at radius 3 is 2.88 bits per heavy atom. The van der Waals surface area contributed by atoms with Crippen molar-refractivity contribution in [3.05, 3.63) is 18.0 Å². The van der Waals surface area contributed by atoms with Crippen LogP contribution in [0.5, 0.6) is 0 Å². The molecule has 86 valence electrons. The fourth-order valence-electron chi connectivity index (χ4n) is 2.09. The average molecular weight is 223 g/mol. The molecule has 0 aliphatic carbocycles. The lowest BCUT2D eigenvalue weighted by Crippen LogP contribution is -2.37. The van der Waals surface area contributed by atoms with Crippen LogP contribution in [0.25, 0.3) is 0 Å². The van der Waals surface area contributed by atoms with Crippen molar-refractivity contribution in [3.8, 4) is 0 Å². The van der Waals surface area contributed by atoms with Gasteiger partial charge in [-0.1, -0.05) is 0 Å². The number of carbonyl (C=O) groups excluding carboxylic acids is 1. The largest absolute Gasteiger partial charge is 0.481 e. The summed E-state index contributed by atoms with van der Waals surface area (Å²) in [6.07, 6.45) is 3.48. The van der Waals surface area contributed by atoms with E-state index in [-0.39, 0.29) is 11.9 Å². The van der Waals surface area contributed by atoms with E-state index < -0.39 is 11.9 Å². The predicted octanol–water partition coefficient (Wildman–Crippen LogP) is 0.345. The van der Waals surface area contributed by atoms with Crippen molar-refractivity contribution in [2.24, 2.45) is 5.92 Å². The van der Waals surface area contributed by atoms with Crippen LogP contribution in [0.15, 0.2) is 12.4 Å². The molecule has 16 heavy (non-hydrogen) atoms. The molecule has 0 saturated carbocycles. The minimum atomic E-state index is -0.838. The van der Waals surface area contributed by atoms with E-state index in [1.807, 2.05) is 0 Å². The molecule has 6 heteroatoms. The molecule has 2 unspecified atom stereocenters. The molecule has 2 rings (SSSR count).